The smallest absolute Gasteiger partial charge is 0.421 e. The van der Waals surface area contributed by atoms with Crippen LogP contribution in [-0.4, -0.2) is 11.1 Å². The molecule has 0 unspecified atom stereocenters. The minimum absolute atomic E-state index is 0.196. The van der Waals surface area contributed by atoms with Crippen LogP contribution in [0.1, 0.15) is 5.56 Å². The summed E-state index contributed by atoms with van der Waals surface area (Å²) in [4.78, 5) is 0. The molecule has 0 bridgehead atoms. The molecule has 0 atom stereocenters. The highest BCUT2D eigenvalue weighted by molar-refractivity contribution is 5.30. The number of hydrogen-bond donors (Lipinski definition) is 1. The minimum atomic E-state index is -1.47. The molecule has 0 aromatic heterocycles. The van der Waals surface area contributed by atoms with Crippen molar-refractivity contribution in [2.45, 2.75) is 12.4 Å². The lowest BCUT2D eigenvalue weighted by molar-refractivity contribution is -0.251. The Morgan fingerprint density at radius 1 is 0.500 bits per heavy atom. The fourth-order valence-electron chi connectivity index (χ4n) is 3.04. The quantitative estimate of drug-likeness (QED) is 0.380. The van der Waals surface area contributed by atoms with Crippen molar-refractivity contribution in [3.63, 3.8) is 0 Å². The number of hydrogen-bond acceptors (Lipinski definition) is 4. The van der Waals surface area contributed by atoms with Crippen LogP contribution < -0.4 is 14.2 Å². The molecule has 0 aliphatic rings. The number of aromatic hydroxyl groups is 1. The van der Waals surface area contributed by atoms with E-state index in [0.717, 1.165) is 5.56 Å². The highest BCUT2D eigenvalue weighted by atomic mass is 16.9. The van der Waals surface area contributed by atoms with E-state index < -0.39 is 5.97 Å². The third-order valence-electron chi connectivity index (χ3n) is 4.41. The summed E-state index contributed by atoms with van der Waals surface area (Å²) in [6.07, 6.45) is 0.284. The predicted molar refractivity (Wildman–Crippen MR) is 116 cm³/mol. The van der Waals surface area contributed by atoms with Gasteiger partial charge >= 0.3 is 5.97 Å². The third-order valence-corrected chi connectivity index (χ3v) is 4.41. The molecule has 4 heteroatoms. The first-order valence-corrected chi connectivity index (χ1v) is 9.71. The molecule has 0 aliphatic carbocycles. The molecule has 30 heavy (non-hydrogen) atoms. The van der Waals surface area contributed by atoms with E-state index in [1.165, 1.54) is 0 Å². The first-order chi connectivity index (χ1) is 14.7. The Morgan fingerprint density at radius 2 is 0.867 bits per heavy atom. The third kappa shape index (κ3) is 5.11. The number of para-hydroxylation sites is 3. The summed E-state index contributed by atoms with van der Waals surface area (Å²) in [7, 11) is 0. The van der Waals surface area contributed by atoms with Gasteiger partial charge in [-0.2, -0.15) is 0 Å². The van der Waals surface area contributed by atoms with Crippen LogP contribution in [0.25, 0.3) is 0 Å². The van der Waals surface area contributed by atoms with Gasteiger partial charge in [0.25, 0.3) is 0 Å². The van der Waals surface area contributed by atoms with Gasteiger partial charge in [-0.1, -0.05) is 66.7 Å². The zero-order chi connectivity index (χ0) is 20.7. The molecule has 1 N–H and O–H groups in total. The summed E-state index contributed by atoms with van der Waals surface area (Å²) in [6.45, 7) is 0. The molecular weight excluding hydrogens is 376 g/mol. The number of phenolic OH excluding ortho intramolecular Hbond substituents is 1. The molecule has 0 fully saturated rings. The van der Waals surface area contributed by atoms with Crippen molar-refractivity contribution in [3.05, 3.63) is 121 Å². The molecule has 0 saturated carbocycles. The molecule has 0 aliphatic heterocycles. The summed E-state index contributed by atoms with van der Waals surface area (Å²) in [5.41, 5.74) is 0.885. The zero-order valence-corrected chi connectivity index (χ0v) is 16.3. The number of phenols is 1. The van der Waals surface area contributed by atoms with Gasteiger partial charge in [-0.15, -0.1) is 0 Å². The highest BCUT2D eigenvalue weighted by Gasteiger charge is 2.39. The molecule has 150 valence electrons. The predicted octanol–water partition coefficient (Wildman–Crippen LogP) is 5.83. The van der Waals surface area contributed by atoms with E-state index in [0.29, 0.717) is 17.2 Å². The van der Waals surface area contributed by atoms with Crippen LogP contribution in [0.4, 0.5) is 0 Å². The maximum Gasteiger partial charge on any atom is 0.421 e. The molecule has 0 saturated heterocycles. The standard InChI is InChI=1S/C26H22O4/c27-22-18-16-21(17-19-22)20-26(28-23-10-4-1-5-11-23,29-24-12-6-2-7-13-24)30-25-14-8-3-9-15-25/h1-19,27H,20H2. The average Bonchev–Trinajstić information content (AvgIpc) is 2.77. The molecule has 0 heterocycles. The summed E-state index contributed by atoms with van der Waals surface area (Å²) < 4.78 is 19.0. The van der Waals surface area contributed by atoms with Crippen molar-refractivity contribution in [1.29, 1.82) is 0 Å². The second kappa shape index (κ2) is 9.05. The van der Waals surface area contributed by atoms with E-state index in [9.17, 15) is 5.11 Å². The average molecular weight is 398 g/mol. The molecule has 0 radical (unpaired) electrons. The lowest BCUT2D eigenvalue weighted by Crippen LogP contribution is -2.50. The number of benzene rings is 4. The van der Waals surface area contributed by atoms with E-state index in [1.807, 2.05) is 103 Å². The lowest BCUT2D eigenvalue weighted by atomic mass is 10.1. The summed E-state index contributed by atoms with van der Waals surface area (Å²) in [5.74, 6) is 0.566. The fraction of sp³-hybridized carbons (Fsp3) is 0.0769. The van der Waals surface area contributed by atoms with Crippen LogP contribution in [-0.2, 0) is 6.42 Å². The Morgan fingerprint density at radius 3 is 1.23 bits per heavy atom. The Kier molecular flexibility index (Phi) is 5.85. The Bertz CT molecular complexity index is 931. The zero-order valence-electron chi connectivity index (χ0n) is 16.3. The van der Waals surface area contributed by atoms with Crippen molar-refractivity contribution >= 4 is 0 Å². The van der Waals surface area contributed by atoms with Gasteiger partial charge in [-0.25, -0.2) is 0 Å². The SMILES string of the molecule is Oc1ccc(CC(Oc2ccccc2)(Oc2ccccc2)Oc2ccccc2)cc1. The maximum absolute atomic E-state index is 9.67. The molecule has 4 rings (SSSR count). The van der Waals surface area contributed by atoms with E-state index in [1.54, 1.807) is 12.1 Å². The molecule has 0 spiro atoms. The van der Waals surface area contributed by atoms with Gasteiger partial charge in [0.1, 0.15) is 23.0 Å². The second-order valence-electron chi connectivity index (χ2n) is 6.77. The van der Waals surface area contributed by atoms with Crippen molar-refractivity contribution in [1.82, 2.24) is 0 Å². The van der Waals surface area contributed by atoms with E-state index >= 15 is 0 Å². The van der Waals surface area contributed by atoms with Gasteiger partial charge in [-0.3, -0.25) is 0 Å². The van der Waals surface area contributed by atoms with Crippen LogP contribution in [0.5, 0.6) is 23.0 Å². The number of rotatable bonds is 8. The Balaban J connectivity index is 1.75. The summed E-state index contributed by atoms with van der Waals surface area (Å²) in [6, 6.07) is 35.2. The van der Waals surface area contributed by atoms with Crippen molar-refractivity contribution in [2.24, 2.45) is 0 Å². The minimum Gasteiger partial charge on any atom is -0.508 e. The van der Waals surface area contributed by atoms with Gasteiger partial charge < -0.3 is 19.3 Å². The van der Waals surface area contributed by atoms with Crippen LogP contribution in [0, 0.1) is 0 Å². The maximum atomic E-state index is 9.67. The lowest BCUT2D eigenvalue weighted by Gasteiger charge is -2.34. The summed E-state index contributed by atoms with van der Waals surface area (Å²) >= 11 is 0. The molecule has 4 nitrogen and oxygen atoms in total. The molecule has 0 amide bonds. The Hall–Kier alpha value is -3.92. The topological polar surface area (TPSA) is 47.9 Å². The molecule has 4 aromatic carbocycles. The largest absolute Gasteiger partial charge is 0.508 e. The first-order valence-electron chi connectivity index (χ1n) is 9.71. The van der Waals surface area contributed by atoms with Crippen LogP contribution >= 0.6 is 0 Å². The second-order valence-corrected chi connectivity index (χ2v) is 6.77. The van der Waals surface area contributed by atoms with Gasteiger partial charge in [0.2, 0.25) is 0 Å². The first kappa shape index (κ1) is 19.4. The Labute approximate surface area is 175 Å². The van der Waals surface area contributed by atoms with Crippen LogP contribution in [0.15, 0.2) is 115 Å². The van der Waals surface area contributed by atoms with Crippen LogP contribution in [0.3, 0.4) is 0 Å². The monoisotopic (exact) mass is 398 g/mol. The summed E-state index contributed by atoms with van der Waals surface area (Å²) in [5, 5.41) is 9.67. The van der Waals surface area contributed by atoms with E-state index in [-0.39, 0.29) is 12.2 Å². The normalized spacial score (nSPS) is 10.9. The number of ether oxygens (including phenoxy) is 3. The highest BCUT2D eigenvalue weighted by Crippen LogP contribution is 2.30. The van der Waals surface area contributed by atoms with Gasteiger partial charge in [0.05, 0.1) is 6.42 Å². The van der Waals surface area contributed by atoms with E-state index in [4.69, 9.17) is 14.2 Å². The molecular formula is C26H22O4. The van der Waals surface area contributed by atoms with Crippen molar-refractivity contribution < 1.29 is 19.3 Å². The van der Waals surface area contributed by atoms with Crippen molar-refractivity contribution in [2.75, 3.05) is 0 Å². The van der Waals surface area contributed by atoms with Gasteiger partial charge in [0.15, 0.2) is 0 Å². The van der Waals surface area contributed by atoms with Gasteiger partial charge in [0, 0.05) is 0 Å². The van der Waals surface area contributed by atoms with E-state index in [2.05, 4.69) is 0 Å². The molecule has 4 aromatic rings. The van der Waals surface area contributed by atoms with Gasteiger partial charge in [-0.05, 0) is 54.1 Å². The fourth-order valence-corrected chi connectivity index (χ4v) is 3.04. The van der Waals surface area contributed by atoms with Crippen LogP contribution in [0.2, 0.25) is 0 Å². The van der Waals surface area contributed by atoms with Crippen molar-refractivity contribution in [3.8, 4) is 23.0 Å².